The molecule has 1 fully saturated rings. The van der Waals surface area contributed by atoms with Crippen LogP contribution in [-0.4, -0.2) is 56.5 Å². The van der Waals surface area contributed by atoms with Crippen LogP contribution in [0.5, 0.6) is 0 Å². The van der Waals surface area contributed by atoms with Crippen molar-refractivity contribution < 1.29 is 23.1 Å². The van der Waals surface area contributed by atoms with Gasteiger partial charge in [-0.25, -0.2) is 28.5 Å². The van der Waals surface area contributed by atoms with Crippen molar-refractivity contribution in [3.63, 3.8) is 0 Å². The molecule has 0 spiro atoms. The highest BCUT2D eigenvalue weighted by atomic mass is 35.5. The largest absolute Gasteiger partial charge is 0.444 e. The Morgan fingerprint density at radius 2 is 1.93 bits per heavy atom. The normalized spacial score (nSPS) is 20.5. The Hall–Kier alpha value is -3.83. The number of amidine groups is 1. The predicted molar refractivity (Wildman–Crippen MR) is 159 cm³/mol. The van der Waals surface area contributed by atoms with Gasteiger partial charge in [0, 0.05) is 29.3 Å². The first-order valence-electron chi connectivity index (χ1n) is 13.2. The molecule has 3 aromatic rings. The van der Waals surface area contributed by atoms with Crippen LogP contribution in [0.25, 0.3) is 11.9 Å². The average Bonchev–Trinajstić information content (AvgIpc) is 3.34. The fourth-order valence-electron chi connectivity index (χ4n) is 4.89. The number of halogens is 3. The molecule has 1 N–H and O–H groups in total. The molecule has 12 heteroatoms. The van der Waals surface area contributed by atoms with Gasteiger partial charge in [-0.1, -0.05) is 47.6 Å². The molecule has 2 unspecified atom stereocenters. The Balaban J connectivity index is 1.55. The number of thioether (sulfide) groups is 1. The van der Waals surface area contributed by atoms with Crippen LogP contribution in [0.15, 0.2) is 65.9 Å². The number of nitrogens with one attached hydrogen (secondary N) is 1. The lowest BCUT2D eigenvalue weighted by Gasteiger charge is -2.35. The van der Waals surface area contributed by atoms with Gasteiger partial charge in [-0.3, -0.25) is 4.79 Å². The van der Waals surface area contributed by atoms with Crippen molar-refractivity contribution in [2.75, 3.05) is 18.8 Å². The summed E-state index contributed by atoms with van der Waals surface area (Å²) >= 11 is 7.09. The molecular formula is C30H28ClF2N5O3S. The number of aliphatic imine (C=N–C) groups is 1. The third-order valence-electron chi connectivity index (χ3n) is 6.79. The lowest BCUT2D eigenvalue weighted by atomic mass is 9.81. The van der Waals surface area contributed by atoms with Crippen LogP contribution in [0, 0.1) is 11.7 Å². The summed E-state index contributed by atoms with van der Waals surface area (Å²) in [5.74, 6) is -1.49. The van der Waals surface area contributed by atoms with Crippen molar-refractivity contribution in [3.8, 4) is 0 Å². The van der Waals surface area contributed by atoms with Gasteiger partial charge in [-0.15, -0.1) is 0 Å². The summed E-state index contributed by atoms with van der Waals surface area (Å²) in [5.41, 5.74) is -1.05. The molecule has 2 aromatic carbocycles. The SMILES string of the molecule is CC(C)(C)OC(=O)N1CC2CSC(NC(=O)c3ccccc3)=NC2(c2cc(/C=C(\F)c3cnc(Cl)cn3)ccc2F)C1. The Kier molecular flexibility index (Phi) is 8.34. The molecule has 5 rings (SSSR count). The topological polar surface area (TPSA) is 96.8 Å². The molecular weight excluding hydrogens is 584 g/mol. The number of aromatic nitrogens is 2. The molecule has 1 aromatic heterocycles. The monoisotopic (exact) mass is 611 g/mol. The summed E-state index contributed by atoms with van der Waals surface area (Å²) in [6.45, 7) is 5.57. The minimum Gasteiger partial charge on any atom is -0.444 e. The number of ether oxygens (including phenoxy) is 1. The van der Waals surface area contributed by atoms with Crippen LogP contribution in [0.1, 0.15) is 48.0 Å². The Morgan fingerprint density at radius 1 is 1.17 bits per heavy atom. The first-order valence-corrected chi connectivity index (χ1v) is 14.5. The number of likely N-dealkylation sites (tertiary alicyclic amines) is 1. The fraction of sp³-hybridized carbons (Fsp3) is 0.300. The highest BCUT2D eigenvalue weighted by molar-refractivity contribution is 8.13. The van der Waals surface area contributed by atoms with E-state index in [2.05, 4.69) is 15.3 Å². The third-order valence-corrected chi connectivity index (χ3v) is 8.02. The third kappa shape index (κ3) is 6.47. The molecule has 2 amide bonds. The first kappa shape index (κ1) is 29.7. The lowest BCUT2D eigenvalue weighted by Crippen LogP contribution is -2.43. The van der Waals surface area contributed by atoms with Gasteiger partial charge in [0.05, 0.1) is 18.9 Å². The minimum absolute atomic E-state index is 0.00702. The molecule has 42 heavy (non-hydrogen) atoms. The van der Waals surface area contributed by atoms with E-state index < -0.39 is 28.9 Å². The summed E-state index contributed by atoms with van der Waals surface area (Å²) in [7, 11) is 0. The maximum atomic E-state index is 15.7. The van der Waals surface area contributed by atoms with Gasteiger partial charge in [0.2, 0.25) is 0 Å². The van der Waals surface area contributed by atoms with Crippen LogP contribution in [0.3, 0.4) is 0 Å². The second kappa shape index (κ2) is 11.8. The van der Waals surface area contributed by atoms with Crippen molar-refractivity contribution in [2.45, 2.75) is 31.9 Å². The smallest absolute Gasteiger partial charge is 0.410 e. The standard InChI is InChI=1S/C30H28ClF2N5O3S/c1-29(2,3)41-28(40)38-15-20-16-42-27(36-26(39)19-7-5-4-6-8-19)37-30(20,17-38)21-11-18(9-10-22(21)32)12-23(33)24-13-35-25(31)14-34-24/h4-14,20H,15-17H2,1-3H3,(H,36,37,39)/b23-12-. The molecule has 8 nitrogen and oxygen atoms in total. The van der Waals surface area contributed by atoms with Crippen LogP contribution in [0.4, 0.5) is 13.6 Å². The van der Waals surface area contributed by atoms with E-state index in [1.54, 1.807) is 51.1 Å². The van der Waals surface area contributed by atoms with Crippen molar-refractivity contribution in [1.29, 1.82) is 0 Å². The molecule has 2 aliphatic heterocycles. The van der Waals surface area contributed by atoms with E-state index >= 15 is 8.78 Å². The predicted octanol–water partition coefficient (Wildman–Crippen LogP) is 6.33. The van der Waals surface area contributed by atoms with E-state index in [0.29, 0.717) is 22.0 Å². The fourth-order valence-corrected chi connectivity index (χ4v) is 6.12. The van der Waals surface area contributed by atoms with Crippen molar-refractivity contribution in [3.05, 3.63) is 94.3 Å². The van der Waals surface area contributed by atoms with Crippen LogP contribution in [0.2, 0.25) is 5.15 Å². The van der Waals surface area contributed by atoms with Gasteiger partial charge in [0.25, 0.3) is 5.91 Å². The Morgan fingerprint density at radius 3 is 2.62 bits per heavy atom. The summed E-state index contributed by atoms with van der Waals surface area (Å²) in [6, 6.07) is 12.9. The molecule has 218 valence electrons. The molecule has 3 heterocycles. The van der Waals surface area contributed by atoms with Crippen LogP contribution in [-0.2, 0) is 10.3 Å². The van der Waals surface area contributed by atoms with Gasteiger partial charge >= 0.3 is 6.09 Å². The Labute approximate surface area is 251 Å². The van der Waals surface area contributed by atoms with Crippen LogP contribution >= 0.6 is 23.4 Å². The number of amides is 2. The average molecular weight is 612 g/mol. The van der Waals surface area contributed by atoms with E-state index in [0.717, 1.165) is 0 Å². The van der Waals surface area contributed by atoms with E-state index in [4.69, 9.17) is 21.3 Å². The maximum Gasteiger partial charge on any atom is 0.410 e. The van der Waals surface area contributed by atoms with Gasteiger partial charge in [0.1, 0.15) is 27.8 Å². The number of fused-ring (bicyclic) bond motifs is 1. The van der Waals surface area contributed by atoms with E-state index in [9.17, 15) is 9.59 Å². The number of carbonyl (C=O) groups excluding carboxylic acids is 2. The van der Waals surface area contributed by atoms with E-state index in [1.165, 1.54) is 53.3 Å². The number of benzene rings is 2. The van der Waals surface area contributed by atoms with Crippen LogP contribution < -0.4 is 5.32 Å². The zero-order valence-corrected chi connectivity index (χ0v) is 24.7. The zero-order valence-electron chi connectivity index (χ0n) is 23.1. The summed E-state index contributed by atoms with van der Waals surface area (Å²) in [5, 5.41) is 3.26. The zero-order chi connectivity index (χ0) is 30.1. The second-order valence-electron chi connectivity index (χ2n) is 11.0. The summed E-state index contributed by atoms with van der Waals surface area (Å²) in [6.07, 6.45) is 3.10. The minimum atomic E-state index is -1.26. The number of carbonyl (C=O) groups is 2. The quantitative estimate of drug-likeness (QED) is 0.370. The molecule has 1 saturated heterocycles. The van der Waals surface area contributed by atoms with E-state index in [-0.39, 0.29) is 41.3 Å². The number of hydrogen-bond acceptors (Lipinski definition) is 7. The maximum absolute atomic E-state index is 15.7. The molecule has 0 aliphatic carbocycles. The van der Waals surface area contributed by atoms with Crippen molar-refractivity contribution >= 4 is 52.4 Å². The molecule has 0 saturated carbocycles. The van der Waals surface area contributed by atoms with Gasteiger partial charge in [0.15, 0.2) is 11.0 Å². The van der Waals surface area contributed by atoms with Gasteiger partial charge in [-0.05, 0) is 56.7 Å². The summed E-state index contributed by atoms with van der Waals surface area (Å²) in [4.78, 5) is 40.2. The van der Waals surface area contributed by atoms with Crippen molar-refractivity contribution in [1.82, 2.24) is 20.2 Å². The number of nitrogens with zero attached hydrogens (tertiary/aromatic N) is 4. The molecule has 2 aliphatic rings. The Bertz CT molecular complexity index is 1560. The highest BCUT2D eigenvalue weighted by Crippen LogP contribution is 2.47. The molecule has 2 atom stereocenters. The summed E-state index contributed by atoms with van der Waals surface area (Å²) < 4.78 is 36.4. The highest BCUT2D eigenvalue weighted by Gasteiger charge is 2.53. The van der Waals surface area contributed by atoms with Crippen molar-refractivity contribution in [2.24, 2.45) is 10.9 Å². The molecule has 0 radical (unpaired) electrons. The number of rotatable bonds is 4. The first-order chi connectivity index (χ1) is 19.9. The second-order valence-corrected chi connectivity index (χ2v) is 12.4. The number of hydrogen-bond donors (Lipinski definition) is 1. The van der Waals surface area contributed by atoms with Gasteiger partial charge < -0.3 is 15.0 Å². The lowest BCUT2D eigenvalue weighted by molar-refractivity contribution is 0.0281. The van der Waals surface area contributed by atoms with Gasteiger partial charge in [-0.2, -0.15) is 0 Å². The van der Waals surface area contributed by atoms with E-state index in [1.807, 2.05) is 0 Å². The molecule has 0 bridgehead atoms.